The van der Waals surface area contributed by atoms with Gasteiger partial charge in [0.2, 0.25) is 0 Å². The Kier molecular flexibility index (Phi) is 7.14. The number of guanidine groups is 1. The molecule has 2 atom stereocenters. The van der Waals surface area contributed by atoms with Crippen LogP contribution in [-0.2, 0) is 6.54 Å². The predicted molar refractivity (Wildman–Crippen MR) is 107 cm³/mol. The van der Waals surface area contributed by atoms with Gasteiger partial charge in [-0.05, 0) is 37.2 Å². The third-order valence-corrected chi connectivity index (χ3v) is 5.07. The number of benzene rings is 1. The maximum absolute atomic E-state index is 6.06. The Morgan fingerprint density at radius 1 is 1.17 bits per heavy atom. The fraction of sp³-hybridized carbons (Fsp3) is 0.611. The molecule has 0 aromatic heterocycles. The van der Waals surface area contributed by atoms with Crippen LogP contribution in [0.3, 0.4) is 0 Å². The van der Waals surface area contributed by atoms with Gasteiger partial charge in [0.1, 0.15) is 0 Å². The number of rotatable bonds is 4. The minimum absolute atomic E-state index is 0. The lowest BCUT2D eigenvalue weighted by Crippen LogP contribution is -2.47. The van der Waals surface area contributed by atoms with E-state index in [4.69, 9.17) is 5.73 Å². The largest absolute Gasteiger partial charge is 0.370 e. The summed E-state index contributed by atoms with van der Waals surface area (Å²) in [7, 11) is 0. The molecule has 0 spiro atoms. The molecule has 1 aromatic rings. The van der Waals surface area contributed by atoms with E-state index in [0.29, 0.717) is 24.0 Å². The second-order valence-corrected chi connectivity index (χ2v) is 6.82. The molecule has 0 amide bonds. The van der Waals surface area contributed by atoms with Crippen molar-refractivity contribution in [2.24, 2.45) is 16.6 Å². The van der Waals surface area contributed by atoms with E-state index >= 15 is 0 Å². The summed E-state index contributed by atoms with van der Waals surface area (Å²) in [6, 6.07) is 11.6. The van der Waals surface area contributed by atoms with Crippen molar-refractivity contribution in [1.29, 1.82) is 0 Å². The monoisotopic (exact) mass is 428 g/mol. The van der Waals surface area contributed by atoms with Gasteiger partial charge in [-0.1, -0.05) is 37.3 Å². The zero-order valence-corrected chi connectivity index (χ0v) is 16.3. The highest BCUT2D eigenvalue weighted by atomic mass is 127. The molecule has 0 radical (unpaired) electrons. The van der Waals surface area contributed by atoms with Gasteiger partial charge in [0.25, 0.3) is 0 Å². The van der Waals surface area contributed by atoms with Crippen molar-refractivity contribution in [2.75, 3.05) is 13.1 Å². The lowest BCUT2D eigenvalue weighted by atomic mass is 9.82. The van der Waals surface area contributed by atoms with Gasteiger partial charge in [0.05, 0.1) is 6.04 Å². The number of halogens is 1. The van der Waals surface area contributed by atoms with Gasteiger partial charge >= 0.3 is 0 Å². The summed E-state index contributed by atoms with van der Waals surface area (Å²) in [6.07, 6.45) is 4.77. The van der Waals surface area contributed by atoms with Crippen LogP contribution in [0.25, 0.3) is 0 Å². The van der Waals surface area contributed by atoms with Crippen LogP contribution in [0.1, 0.15) is 38.2 Å². The average molecular weight is 428 g/mol. The van der Waals surface area contributed by atoms with Crippen molar-refractivity contribution in [2.45, 2.75) is 51.2 Å². The summed E-state index contributed by atoms with van der Waals surface area (Å²) in [6.45, 7) is 5.56. The Morgan fingerprint density at radius 3 is 2.43 bits per heavy atom. The number of hydrogen-bond acceptors (Lipinski definition) is 2. The summed E-state index contributed by atoms with van der Waals surface area (Å²) < 4.78 is 0. The molecule has 23 heavy (non-hydrogen) atoms. The predicted octanol–water partition coefficient (Wildman–Crippen LogP) is 2.97. The lowest BCUT2D eigenvalue weighted by Gasteiger charge is -2.34. The molecule has 1 saturated carbocycles. The fourth-order valence-corrected chi connectivity index (χ4v) is 3.34. The smallest absolute Gasteiger partial charge is 0.189 e. The minimum atomic E-state index is 0. The number of nitrogens with one attached hydrogen (secondary N) is 1. The average Bonchev–Trinajstić information content (AvgIpc) is 2.54. The second-order valence-electron chi connectivity index (χ2n) is 6.82. The SMILES string of the molecule is CC1CCC1N=C(N)NC1CCN(Cc2ccccc2)CC1.I. The molecule has 3 rings (SSSR count). The molecule has 2 unspecified atom stereocenters. The molecule has 3 N–H and O–H groups in total. The Labute approximate surface area is 156 Å². The molecule has 4 nitrogen and oxygen atoms in total. The first-order chi connectivity index (χ1) is 10.7. The molecule has 1 aliphatic carbocycles. The summed E-state index contributed by atoms with van der Waals surface area (Å²) in [5.74, 6) is 1.35. The first kappa shape index (κ1) is 18.5. The van der Waals surface area contributed by atoms with Gasteiger partial charge in [-0.3, -0.25) is 4.90 Å². The first-order valence-corrected chi connectivity index (χ1v) is 8.57. The number of hydrogen-bond donors (Lipinski definition) is 2. The quantitative estimate of drug-likeness (QED) is 0.441. The van der Waals surface area contributed by atoms with E-state index in [0.717, 1.165) is 32.5 Å². The Balaban J connectivity index is 0.00000192. The van der Waals surface area contributed by atoms with E-state index in [9.17, 15) is 0 Å². The maximum Gasteiger partial charge on any atom is 0.189 e. The Morgan fingerprint density at radius 2 is 1.87 bits per heavy atom. The Bertz CT molecular complexity index is 497. The van der Waals surface area contributed by atoms with E-state index in [1.807, 2.05) is 0 Å². The van der Waals surface area contributed by atoms with E-state index in [-0.39, 0.29) is 24.0 Å². The lowest BCUT2D eigenvalue weighted by molar-refractivity contribution is 0.198. The van der Waals surface area contributed by atoms with Crippen molar-refractivity contribution in [3.63, 3.8) is 0 Å². The summed E-state index contributed by atoms with van der Waals surface area (Å²) in [4.78, 5) is 7.14. The van der Waals surface area contributed by atoms with Gasteiger partial charge in [-0.25, -0.2) is 4.99 Å². The number of piperidine rings is 1. The molecule has 128 valence electrons. The summed E-state index contributed by atoms with van der Waals surface area (Å²) in [5, 5.41) is 3.42. The standard InChI is InChI=1S/C18H28N4.HI/c1-14-7-8-17(14)21-18(19)20-16-9-11-22(12-10-16)13-15-5-3-2-4-6-15;/h2-6,14,16-17H,7-13H2,1H3,(H3,19,20,21);1H. The fourth-order valence-electron chi connectivity index (χ4n) is 3.34. The van der Waals surface area contributed by atoms with Gasteiger partial charge in [0, 0.05) is 25.7 Å². The molecule has 0 bridgehead atoms. The number of nitrogens with zero attached hydrogens (tertiary/aromatic N) is 2. The van der Waals surface area contributed by atoms with Crippen molar-refractivity contribution in [3.05, 3.63) is 35.9 Å². The number of likely N-dealkylation sites (tertiary alicyclic amines) is 1. The van der Waals surface area contributed by atoms with Gasteiger partial charge in [-0.15, -0.1) is 24.0 Å². The highest BCUT2D eigenvalue weighted by Crippen LogP contribution is 2.29. The molecule has 5 heteroatoms. The number of aliphatic imine (C=N–C) groups is 1. The van der Waals surface area contributed by atoms with E-state index in [1.165, 1.54) is 18.4 Å². The second kappa shape index (κ2) is 8.87. The summed E-state index contributed by atoms with van der Waals surface area (Å²) >= 11 is 0. The van der Waals surface area contributed by atoms with Crippen LogP contribution in [0.15, 0.2) is 35.3 Å². The maximum atomic E-state index is 6.06. The van der Waals surface area contributed by atoms with E-state index in [2.05, 4.69) is 52.5 Å². The first-order valence-electron chi connectivity index (χ1n) is 8.57. The van der Waals surface area contributed by atoms with Crippen molar-refractivity contribution in [1.82, 2.24) is 10.2 Å². The van der Waals surface area contributed by atoms with E-state index in [1.54, 1.807) is 0 Å². The molecule has 1 saturated heterocycles. The van der Waals surface area contributed by atoms with Crippen LogP contribution in [0.2, 0.25) is 0 Å². The molecule has 2 aliphatic rings. The van der Waals surface area contributed by atoms with Crippen LogP contribution in [-0.4, -0.2) is 36.0 Å². The highest BCUT2D eigenvalue weighted by molar-refractivity contribution is 14.0. The third kappa shape index (κ3) is 5.35. The summed E-state index contributed by atoms with van der Waals surface area (Å²) in [5.41, 5.74) is 7.46. The molecular formula is C18H29IN4. The third-order valence-electron chi connectivity index (χ3n) is 5.07. The van der Waals surface area contributed by atoms with Crippen LogP contribution in [0.5, 0.6) is 0 Å². The highest BCUT2D eigenvalue weighted by Gasteiger charge is 2.27. The normalized spacial score (nSPS) is 26.2. The van der Waals surface area contributed by atoms with Crippen LogP contribution < -0.4 is 11.1 Å². The molecule has 1 aromatic carbocycles. The van der Waals surface area contributed by atoms with Crippen LogP contribution >= 0.6 is 24.0 Å². The minimum Gasteiger partial charge on any atom is -0.370 e. The topological polar surface area (TPSA) is 53.6 Å². The van der Waals surface area contributed by atoms with Crippen molar-refractivity contribution < 1.29 is 0 Å². The molecular weight excluding hydrogens is 399 g/mol. The van der Waals surface area contributed by atoms with Crippen molar-refractivity contribution in [3.8, 4) is 0 Å². The van der Waals surface area contributed by atoms with Crippen LogP contribution in [0, 0.1) is 5.92 Å². The Hall–Kier alpha value is -0.820. The van der Waals surface area contributed by atoms with Gasteiger partial charge < -0.3 is 11.1 Å². The molecule has 2 fully saturated rings. The van der Waals surface area contributed by atoms with Gasteiger partial charge in [0.15, 0.2) is 5.96 Å². The van der Waals surface area contributed by atoms with Crippen LogP contribution in [0.4, 0.5) is 0 Å². The number of nitrogens with two attached hydrogens (primary N) is 1. The molecule has 1 heterocycles. The van der Waals surface area contributed by atoms with Gasteiger partial charge in [-0.2, -0.15) is 0 Å². The van der Waals surface area contributed by atoms with E-state index < -0.39 is 0 Å². The zero-order valence-electron chi connectivity index (χ0n) is 13.9. The van der Waals surface area contributed by atoms with Crippen molar-refractivity contribution >= 4 is 29.9 Å². The zero-order chi connectivity index (χ0) is 15.4. The molecule has 1 aliphatic heterocycles.